The van der Waals surface area contributed by atoms with Crippen molar-refractivity contribution in [3.8, 4) is 0 Å². The number of nitrogens with one attached hydrogen (secondary N) is 1. The Morgan fingerprint density at radius 1 is 1.56 bits per heavy atom. The number of amides is 1. The van der Waals surface area contributed by atoms with E-state index in [0.29, 0.717) is 0 Å². The first kappa shape index (κ1) is 11.3. The van der Waals surface area contributed by atoms with E-state index >= 15 is 0 Å². The second kappa shape index (κ2) is 4.78. The molecule has 2 rings (SSSR count). The van der Waals surface area contributed by atoms with E-state index in [-0.39, 0.29) is 17.9 Å². The molecule has 0 aromatic carbocycles. The molecule has 0 saturated carbocycles. The highest BCUT2D eigenvalue weighted by Gasteiger charge is 2.21. The first-order chi connectivity index (χ1) is 7.66. The maximum atomic E-state index is 11.9. The predicted octanol–water partition coefficient (Wildman–Crippen LogP) is 2.59. The largest absolute Gasteiger partial charge is 0.348 e. The summed E-state index contributed by atoms with van der Waals surface area (Å²) in [5.74, 6) is 0.269. The summed E-state index contributed by atoms with van der Waals surface area (Å²) < 4.78 is 0. The lowest BCUT2D eigenvalue weighted by atomic mass is 10.1. The molecule has 1 amide bonds. The number of aryl methyl sites for hydroxylation is 1. The highest BCUT2D eigenvalue weighted by Crippen LogP contribution is 2.20. The maximum absolute atomic E-state index is 11.9. The molecule has 16 heavy (non-hydrogen) atoms. The Hall–Kier alpha value is -1.16. The van der Waals surface area contributed by atoms with Crippen LogP contribution in [0.15, 0.2) is 17.5 Å². The number of allylic oxidation sites excluding steroid dienone is 2. The smallest absolute Gasteiger partial charge is 0.224 e. The molecule has 1 N–H and O–H groups in total. The van der Waals surface area contributed by atoms with Crippen LogP contribution in [0.1, 0.15) is 36.5 Å². The predicted molar refractivity (Wildman–Crippen MR) is 65.3 cm³/mol. The van der Waals surface area contributed by atoms with E-state index < -0.39 is 0 Å². The number of hydrogen-bond donors (Lipinski definition) is 1. The Morgan fingerprint density at radius 2 is 2.25 bits per heavy atom. The molecule has 86 valence electrons. The van der Waals surface area contributed by atoms with E-state index in [1.54, 1.807) is 11.3 Å². The molecule has 0 aliphatic heterocycles. The molecule has 1 aromatic heterocycles. The van der Waals surface area contributed by atoms with Gasteiger partial charge in [-0.25, -0.2) is 4.98 Å². The zero-order valence-electron chi connectivity index (χ0n) is 9.56. The van der Waals surface area contributed by atoms with Gasteiger partial charge in [0.2, 0.25) is 5.91 Å². The number of thiazole rings is 1. The number of carbonyl (C=O) groups excluding carboxylic acids is 1. The van der Waals surface area contributed by atoms with Crippen molar-refractivity contribution in [1.82, 2.24) is 10.3 Å². The zero-order chi connectivity index (χ0) is 11.5. The van der Waals surface area contributed by atoms with Gasteiger partial charge in [0, 0.05) is 11.3 Å². The van der Waals surface area contributed by atoms with E-state index in [0.717, 1.165) is 23.5 Å². The van der Waals surface area contributed by atoms with Crippen molar-refractivity contribution in [3.63, 3.8) is 0 Å². The van der Waals surface area contributed by atoms with E-state index in [4.69, 9.17) is 0 Å². The van der Waals surface area contributed by atoms with E-state index in [2.05, 4.69) is 22.5 Å². The van der Waals surface area contributed by atoms with Gasteiger partial charge in [-0.2, -0.15) is 0 Å². The third-order valence-corrected chi connectivity index (χ3v) is 3.61. The topological polar surface area (TPSA) is 42.0 Å². The standard InChI is InChI=1S/C12H16N2OS/c1-8(11-7-16-9(2)14-11)13-12(15)10-5-3-4-6-10/h3-4,7-8,10H,5-6H2,1-2H3,(H,13,15). The third kappa shape index (κ3) is 2.50. The molecule has 3 nitrogen and oxygen atoms in total. The summed E-state index contributed by atoms with van der Waals surface area (Å²) in [5, 5.41) is 6.06. The van der Waals surface area contributed by atoms with Crippen LogP contribution in [0.5, 0.6) is 0 Å². The number of rotatable bonds is 3. The van der Waals surface area contributed by atoms with Crippen molar-refractivity contribution in [2.45, 2.75) is 32.7 Å². The molecule has 1 aliphatic rings. The molecule has 1 atom stereocenters. The molecular weight excluding hydrogens is 220 g/mol. The fourth-order valence-electron chi connectivity index (χ4n) is 1.82. The first-order valence-electron chi connectivity index (χ1n) is 5.54. The summed E-state index contributed by atoms with van der Waals surface area (Å²) in [5.41, 5.74) is 0.960. The first-order valence-corrected chi connectivity index (χ1v) is 6.42. The Bertz CT molecular complexity index is 403. The molecule has 1 aliphatic carbocycles. The van der Waals surface area contributed by atoms with Crippen molar-refractivity contribution in [1.29, 1.82) is 0 Å². The van der Waals surface area contributed by atoms with Gasteiger partial charge in [-0.15, -0.1) is 11.3 Å². The molecule has 4 heteroatoms. The van der Waals surface area contributed by atoms with Crippen molar-refractivity contribution < 1.29 is 4.79 Å². The van der Waals surface area contributed by atoms with Crippen molar-refractivity contribution >= 4 is 17.2 Å². The summed E-state index contributed by atoms with van der Waals surface area (Å²) in [7, 11) is 0. The quantitative estimate of drug-likeness (QED) is 0.820. The van der Waals surface area contributed by atoms with Gasteiger partial charge in [-0.05, 0) is 26.7 Å². The lowest BCUT2D eigenvalue weighted by Gasteiger charge is -2.15. The number of nitrogens with zero attached hydrogens (tertiary/aromatic N) is 1. The molecule has 1 unspecified atom stereocenters. The van der Waals surface area contributed by atoms with Crippen LogP contribution in [0.2, 0.25) is 0 Å². The normalized spacial score (nSPS) is 17.6. The highest BCUT2D eigenvalue weighted by atomic mass is 32.1. The van der Waals surface area contributed by atoms with Gasteiger partial charge in [-0.3, -0.25) is 4.79 Å². The molecule has 0 fully saturated rings. The fraction of sp³-hybridized carbons (Fsp3) is 0.500. The van der Waals surface area contributed by atoms with Gasteiger partial charge < -0.3 is 5.32 Å². The Balaban J connectivity index is 1.91. The monoisotopic (exact) mass is 236 g/mol. The second-order valence-corrected chi connectivity index (χ2v) is 5.22. The van der Waals surface area contributed by atoms with Crippen LogP contribution in [0.25, 0.3) is 0 Å². The molecule has 0 saturated heterocycles. The lowest BCUT2D eigenvalue weighted by molar-refractivity contribution is -0.125. The van der Waals surface area contributed by atoms with Crippen molar-refractivity contribution in [2.75, 3.05) is 0 Å². The summed E-state index contributed by atoms with van der Waals surface area (Å²) in [6.07, 6.45) is 5.88. The van der Waals surface area contributed by atoms with Crippen LogP contribution >= 0.6 is 11.3 Å². The van der Waals surface area contributed by atoms with Gasteiger partial charge in [0.1, 0.15) is 0 Å². The van der Waals surface area contributed by atoms with Gasteiger partial charge in [-0.1, -0.05) is 12.2 Å². The summed E-state index contributed by atoms with van der Waals surface area (Å²) in [6, 6.07) is 0.0121. The van der Waals surface area contributed by atoms with Crippen molar-refractivity contribution in [2.24, 2.45) is 5.92 Å². The van der Waals surface area contributed by atoms with Crippen LogP contribution in [0.4, 0.5) is 0 Å². The molecular formula is C12H16N2OS. The fourth-order valence-corrected chi connectivity index (χ4v) is 2.52. The van der Waals surface area contributed by atoms with Crippen molar-refractivity contribution in [3.05, 3.63) is 28.2 Å². The van der Waals surface area contributed by atoms with E-state index in [9.17, 15) is 4.79 Å². The Kier molecular flexibility index (Phi) is 3.39. The van der Waals surface area contributed by atoms with Gasteiger partial charge in [0.25, 0.3) is 0 Å². The average Bonchev–Trinajstić information content (AvgIpc) is 2.87. The number of hydrogen-bond acceptors (Lipinski definition) is 3. The number of aromatic nitrogens is 1. The Morgan fingerprint density at radius 3 is 2.81 bits per heavy atom. The van der Waals surface area contributed by atoms with Crippen LogP contribution < -0.4 is 5.32 Å². The van der Waals surface area contributed by atoms with Gasteiger partial charge >= 0.3 is 0 Å². The van der Waals surface area contributed by atoms with E-state index in [1.165, 1.54) is 0 Å². The Labute approximate surface area is 99.6 Å². The molecule has 0 spiro atoms. The molecule has 0 bridgehead atoms. The second-order valence-electron chi connectivity index (χ2n) is 4.16. The number of carbonyl (C=O) groups is 1. The lowest BCUT2D eigenvalue weighted by Crippen LogP contribution is -2.31. The minimum Gasteiger partial charge on any atom is -0.348 e. The maximum Gasteiger partial charge on any atom is 0.224 e. The van der Waals surface area contributed by atoms with E-state index in [1.807, 2.05) is 19.2 Å². The summed E-state index contributed by atoms with van der Waals surface area (Å²) in [6.45, 7) is 3.96. The van der Waals surface area contributed by atoms with Gasteiger partial charge in [0.05, 0.1) is 16.7 Å². The average molecular weight is 236 g/mol. The molecule has 1 aromatic rings. The molecule has 1 heterocycles. The van der Waals surface area contributed by atoms with Crippen LogP contribution in [-0.4, -0.2) is 10.9 Å². The highest BCUT2D eigenvalue weighted by molar-refractivity contribution is 7.09. The summed E-state index contributed by atoms with van der Waals surface area (Å²) >= 11 is 1.62. The van der Waals surface area contributed by atoms with Crippen LogP contribution in [0, 0.1) is 12.8 Å². The molecule has 0 radical (unpaired) electrons. The summed E-state index contributed by atoms with van der Waals surface area (Å²) in [4.78, 5) is 16.2. The van der Waals surface area contributed by atoms with Crippen LogP contribution in [0.3, 0.4) is 0 Å². The minimum atomic E-state index is 0.0121. The van der Waals surface area contributed by atoms with Crippen LogP contribution in [-0.2, 0) is 4.79 Å². The zero-order valence-corrected chi connectivity index (χ0v) is 10.4. The third-order valence-electron chi connectivity index (χ3n) is 2.82. The minimum absolute atomic E-state index is 0.0121. The SMILES string of the molecule is Cc1nc(C(C)NC(=O)C2CC=CC2)cs1. The van der Waals surface area contributed by atoms with Gasteiger partial charge in [0.15, 0.2) is 0 Å².